The number of hydrogen-bond donors (Lipinski definition) is 1. The summed E-state index contributed by atoms with van der Waals surface area (Å²) < 4.78 is 4.71. The van der Waals surface area contributed by atoms with Crippen LogP contribution in [-0.2, 0) is 9.53 Å². The zero-order valence-electron chi connectivity index (χ0n) is 12.8. The van der Waals surface area contributed by atoms with E-state index in [1.54, 1.807) is 6.92 Å². The van der Waals surface area contributed by atoms with Crippen LogP contribution in [0.3, 0.4) is 0 Å². The van der Waals surface area contributed by atoms with Gasteiger partial charge in [0.15, 0.2) is 0 Å². The Morgan fingerprint density at radius 3 is 2.47 bits per heavy atom. The Hall–Kier alpha value is -0.650. The summed E-state index contributed by atoms with van der Waals surface area (Å²) in [6, 6.07) is 0.714. The molecule has 1 aliphatic rings. The third-order valence-corrected chi connectivity index (χ3v) is 4.11. The van der Waals surface area contributed by atoms with Gasteiger partial charge in [0.05, 0.1) is 7.11 Å². The topological polar surface area (TPSA) is 58.8 Å². The van der Waals surface area contributed by atoms with Gasteiger partial charge in [-0.15, -0.1) is 0 Å². The number of rotatable bonds is 6. The minimum Gasteiger partial charge on any atom is -0.468 e. The Labute approximate surface area is 117 Å². The average molecular weight is 271 g/mol. The van der Waals surface area contributed by atoms with E-state index in [1.807, 2.05) is 0 Å². The van der Waals surface area contributed by atoms with Gasteiger partial charge in [0.2, 0.25) is 0 Å². The first-order chi connectivity index (χ1) is 8.86. The third kappa shape index (κ3) is 5.09. The summed E-state index contributed by atoms with van der Waals surface area (Å²) in [6.45, 7) is 5.05. The van der Waals surface area contributed by atoms with Gasteiger partial charge in [-0.3, -0.25) is 4.79 Å². The molecule has 0 saturated carbocycles. The summed E-state index contributed by atoms with van der Waals surface area (Å²) in [5, 5.41) is 0. The van der Waals surface area contributed by atoms with Crippen molar-refractivity contribution in [3.8, 4) is 0 Å². The fraction of sp³-hybridized carbons (Fsp3) is 0.929. The molecule has 1 unspecified atom stereocenters. The summed E-state index contributed by atoms with van der Waals surface area (Å²) in [6.07, 6.45) is 4.07. The molecule has 1 saturated heterocycles. The molecule has 1 rings (SSSR count). The molecule has 19 heavy (non-hydrogen) atoms. The number of esters is 1. The lowest BCUT2D eigenvalue weighted by Crippen LogP contribution is -2.47. The molecule has 5 heteroatoms. The summed E-state index contributed by atoms with van der Waals surface area (Å²) in [5.41, 5.74) is 5.10. The monoisotopic (exact) mass is 271 g/mol. The van der Waals surface area contributed by atoms with Crippen LogP contribution in [0.5, 0.6) is 0 Å². The smallest absolute Gasteiger partial charge is 0.325 e. The largest absolute Gasteiger partial charge is 0.468 e. The third-order valence-electron chi connectivity index (χ3n) is 4.11. The van der Waals surface area contributed by atoms with Crippen molar-refractivity contribution in [2.24, 2.45) is 5.73 Å². The van der Waals surface area contributed by atoms with Crippen molar-refractivity contribution in [3.05, 3.63) is 0 Å². The van der Waals surface area contributed by atoms with Crippen LogP contribution in [0.4, 0.5) is 0 Å². The lowest BCUT2D eigenvalue weighted by atomic mass is 9.96. The quantitative estimate of drug-likeness (QED) is 0.720. The predicted molar refractivity (Wildman–Crippen MR) is 77.0 cm³/mol. The predicted octanol–water partition coefficient (Wildman–Crippen LogP) is 0.683. The lowest BCUT2D eigenvalue weighted by Gasteiger charge is -2.35. The minimum absolute atomic E-state index is 0.321. The van der Waals surface area contributed by atoms with Gasteiger partial charge in [0.1, 0.15) is 5.54 Å². The number of hydrogen-bond acceptors (Lipinski definition) is 5. The maximum atomic E-state index is 11.5. The van der Waals surface area contributed by atoms with Crippen LogP contribution in [-0.4, -0.2) is 68.2 Å². The van der Waals surface area contributed by atoms with Crippen molar-refractivity contribution in [1.82, 2.24) is 9.80 Å². The second-order valence-corrected chi connectivity index (χ2v) is 6.05. The number of likely N-dealkylation sites (tertiary alicyclic amines) is 1. The van der Waals surface area contributed by atoms with E-state index in [9.17, 15) is 4.79 Å². The van der Waals surface area contributed by atoms with E-state index in [4.69, 9.17) is 10.5 Å². The van der Waals surface area contributed by atoms with Crippen molar-refractivity contribution in [3.63, 3.8) is 0 Å². The average Bonchev–Trinajstić information content (AvgIpc) is 2.38. The minimum atomic E-state index is -0.850. The molecule has 0 aromatic rings. The highest BCUT2D eigenvalue weighted by Crippen LogP contribution is 2.16. The van der Waals surface area contributed by atoms with Gasteiger partial charge >= 0.3 is 5.97 Å². The number of nitrogens with zero attached hydrogens (tertiary/aromatic N) is 2. The number of ether oxygens (including phenoxy) is 1. The van der Waals surface area contributed by atoms with Crippen LogP contribution in [0.25, 0.3) is 0 Å². The van der Waals surface area contributed by atoms with E-state index in [-0.39, 0.29) is 5.97 Å². The highest BCUT2D eigenvalue weighted by molar-refractivity contribution is 5.79. The van der Waals surface area contributed by atoms with Crippen molar-refractivity contribution in [2.75, 3.05) is 40.8 Å². The van der Waals surface area contributed by atoms with E-state index in [0.717, 1.165) is 26.1 Å². The van der Waals surface area contributed by atoms with E-state index < -0.39 is 5.54 Å². The molecule has 0 spiro atoms. The maximum Gasteiger partial charge on any atom is 0.325 e. The van der Waals surface area contributed by atoms with Gasteiger partial charge in [-0.05, 0) is 66.3 Å². The van der Waals surface area contributed by atoms with Gasteiger partial charge in [-0.25, -0.2) is 0 Å². The molecular weight excluding hydrogens is 242 g/mol. The van der Waals surface area contributed by atoms with Crippen LogP contribution < -0.4 is 5.73 Å². The number of nitrogens with two attached hydrogens (primary N) is 1. The number of methoxy groups -OCH3 is 1. The SMILES string of the molecule is COC(=O)C(C)(N)CCCN1CCC(N(C)C)CC1. The van der Waals surface area contributed by atoms with Crippen molar-refractivity contribution >= 4 is 5.97 Å². The summed E-state index contributed by atoms with van der Waals surface area (Å²) in [4.78, 5) is 16.2. The van der Waals surface area contributed by atoms with E-state index in [2.05, 4.69) is 23.9 Å². The molecule has 0 aromatic carbocycles. The van der Waals surface area contributed by atoms with Crippen molar-refractivity contribution < 1.29 is 9.53 Å². The first kappa shape index (κ1) is 16.4. The van der Waals surface area contributed by atoms with Crippen LogP contribution in [0.1, 0.15) is 32.6 Å². The zero-order chi connectivity index (χ0) is 14.5. The fourth-order valence-electron chi connectivity index (χ4n) is 2.66. The van der Waals surface area contributed by atoms with Crippen molar-refractivity contribution in [1.29, 1.82) is 0 Å². The molecule has 1 aliphatic heterocycles. The Morgan fingerprint density at radius 2 is 2.00 bits per heavy atom. The second kappa shape index (κ2) is 7.22. The Morgan fingerprint density at radius 1 is 1.42 bits per heavy atom. The highest BCUT2D eigenvalue weighted by atomic mass is 16.5. The first-order valence-electron chi connectivity index (χ1n) is 7.13. The second-order valence-electron chi connectivity index (χ2n) is 6.05. The normalized spacial score (nSPS) is 21.4. The van der Waals surface area contributed by atoms with Gasteiger partial charge in [0.25, 0.3) is 0 Å². The molecule has 112 valence electrons. The summed E-state index contributed by atoms with van der Waals surface area (Å²) in [7, 11) is 5.69. The lowest BCUT2D eigenvalue weighted by molar-refractivity contribution is -0.146. The molecule has 0 radical (unpaired) electrons. The molecule has 0 aromatic heterocycles. The molecule has 2 N–H and O–H groups in total. The standard InChI is InChI=1S/C14H29N3O2/c1-14(15,13(18)19-4)8-5-9-17-10-6-12(7-11-17)16(2)3/h12H,5-11,15H2,1-4H3. The number of carbonyl (C=O) groups excluding carboxylic acids is 1. The van der Waals surface area contributed by atoms with Crippen LogP contribution in [0, 0.1) is 0 Å². The zero-order valence-corrected chi connectivity index (χ0v) is 12.8. The molecule has 5 nitrogen and oxygen atoms in total. The summed E-state index contributed by atoms with van der Waals surface area (Å²) in [5.74, 6) is -0.321. The van der Waals surface area contributed by atoms with E-state index >= 15 is 0 Å². The molecule has 0 aliphatic carbocycles. The van der Waals surface area contributed by atoms with Crippen LogP contribution in [0.15, 0.2) is 0 Å². The van der Waals surface area contributed by atoms with Crippen LogP contribution in [0.2, 0.25) is 0 Å². The van der Waals surface area contributed by atoms with Gasteiger partial charge < -0.3 is 20.3 Å². The summed E-state index contributed by atoms with van der Waals surface area (Å²) >= 11 is 0. The maximum absolute atomic E-state index is 11.5. The molecule has 1 atom stereocenters. The molecule has 0 bridgehead atoms. The molecular formula is C14H29N3O2. The Balaban J connectivity index is 2.23. The Kier molecular flexibility index (Phi) is 6.23. The van der Waals surface area contributed by atoms with Crippen molar-refractivity contribution in [2.45, 2.75) is 44.2 Å². The number of carbonyl (C=O) groups is 1. The van der Waals surface area contributed by atoms with Gasteiger partial charge in [0, 0.05) is 6.04 Å². The van der Waals surface area contributed by atoms with Gasteiger partial charge in [-0.1, -0.05) is 0 Å². The highest BCUT2D eigenvalue weighted by Gasteiger charge is 2.29. The van der Waals surface area contributed by atoms with Gasteiger partial charge in [-0.2, -0.15) is 0 Å². The van der Waals surface area contributed by atoms with E-state index in [1.165, 1.54) is 20.0 Å². The fourth-order valence-corrected chi connectivity index (χ4v) is 2.66. The molecule has 1 heterocycles. The van der Waals surface area contributed by atoms with E-state index in [0.29, 0.717) is 12.5 Å². The Bertz CT molecular complexity index is 284. The molecule has 0 amide bonds. The first-order valence-corrected chi connectivity index (χ1v) is 7.13. The van der Waals surface area contributed by atoms with Crippen LogP contribution >= 0.6 is 0 Å². The molecule has 1 fully saturated rings. The number of piperidine rings is 1.